The number of hydrogen-bond donors (Lipinski definition) is 4. The molecule has 0 radical (unpaired) electrons. The van der Waals surface area contributed by atoms with E-state index in [1.54, 1.807) is 22.5 Å². The molecule has 1 saturated heterocycles. The van der Waals surface area contributed by atoms with E-state index in [1.807, 2.05) is 11.9 Å². The van der Waals surface area contributed by atoms with E-state index in [0.29, 0.717) is 24.3 Å². The Kier molecular flexibility index (Phi) is 4.66. The number of nitrogens with two attached hydrogens (primary N) is 1. The molecule has 0 amide bonds. The zero-order chi connectivity index (χ0) is 18.4. The molecule has 3 heterocycles. The predicted molar refractivity (Wildman–Crippen MR) is 85.3 cm³/mol. The van der Waals surface area contributed by atoms with Crippen LogP contribution in [0.2, 0.25) is 0 Å². The number of rotatable bonds is 4. The number of aromatic nitrogens is 4. The van der Waals surface area contributed by atoms with Gasteiger partial charge in [0.15, 0.2) is 12.6 Å². The number of morpholine rings is 1. The molecule has 2 atom stereocenters. The molecule has 1 aliphatic heterocycles. The van der Waals surface area contributed by atoms with Crippen LogP contribution in [0.5, 0.6) is 0 Å². The maximum absolute atomic E-state index is 12.1. The third-order valence-corrected chi connectivity index (χ3v) is 4.35. The number of hydrogen-bond acceptors (Lipinski definition) is 7. The molecule has 1 fully saturated rings. The van der Waals surface area contributed by atoms with Crippen LogP contribution in [0.4, 0.5) is 5.95 Å². The van der Waals surface area contributed by atoms with Crippen LogP contribution in [0.25, 0.3) is 11.2 Å². The molecule has 12 nitrogen and oxygen atoms in total. The first-order valence-electron chi connectivity index (χ1n) is 7.44. The standard InChI is InChI=1S/C12H19N6O6P/c1-16-3-7(5-23-25(20,21)22)24-8(4-16)18-6-17(2)9-10(18)14-12(13)15-11(9)19/h6-8H,3-5H2,1-2H3,(H4-,13,14,15,19,20,21,22)/p+1/t7-,8?/m0/s1. The van der Waals surface area contributed by atoms with Crippen molar-refractivity contribution in [3.8, 4) is 0 Å². The molecule has 0 aliphatic carbocycles. The SMILES string of the molecule is CN1CC([n+]2cn(C)c3c(=O)[nH]c(N)nc32)O[C@H](COP(=O)(O)O)C1. The number of fused-ring (bicyclic) bond motifs is 1. The number of likely N-dealkylation sites (N-methyl/N-ethyl adjacent to an activating group) is 1. The van der Waals surface area contributed by atoms with Crippen LogP contribution in [0.15, 0.2) is 11.1 Å². The monoisotopic (exact) mass is 375 g/mol. The summed E-state index contributed by atoms with van der Waals surface area (Å²) in [5.74, 6) is -0.0111. The highest BCUT2D eigenvalue weighted by molar-refractivity contribution is 7.46. The second-order valence-electron chi connectivity index (χ2n) is 5.98. The van der Waals surface area contributed by atoms with E-state index < -0.39 is 20.2 Å². The fourth-order valence-corrected chi connectivity index (χ4v) is 3.26. The number of ether oxygens (including phenoxy) is 1. The second kappa shape index (κ2) is 6.48. The highest BCUT2D eigenvalue weighted by atomic mass is 31.2. The highest BCUT2D eigenvalue weighted by Gasteiger charge is 2.34. The molecule has 0 bridgehead atoms. The molecule has 2 aromatic rings. The molecule has 138 valence electrons. The molecule has 13 heteroatoms. The zero-order valence-electron chi connectivity index (χ0n) is 13.7. The van der Waals surface area contributed by atoms with Crippen molar-refractivity contribution in [2.45, 2.75) is 12.3 Å². The van der Waals surface area contributed by atoms with E-state index in [-0.39, 0.29) is 18.1 Å². The van der Waals surface area contributed by atoms with E-state index >= 15 is 0 Å². The van der Waals surface area contributed by atoms with Gasteiger partial charge in [-0.25, -0.2) is 9.13 Å². The average Bonchev–Trinajstić information content (AvgIpc) is 2.81. The van der Waals surface area contributed by atoms with Crippen molar-refractivity contribution in [2.75, 3.05) is 32.5 Å². The van der Waals surface area contributed by atoms with Gasteiger partial charge in [0.1, 0.15) is 0 Å². The first-order chi connectivity index (χ1) is 11.6. The molecular formula is C12H20N6O6P+. The summed E-state index contributed by atoms with van der Waals surface area (Å²) < 4.78 is 24.6. The average molecular weight is 375 g/mol. The number of imidazole rings is 1. The molecule has 2 aromatic heterocycles. The lowest BCUT2D eigenvalue weighted by atomic mass is 10.3. The van der Waals surface area contributed by atoms with Crippen LogP contribution in [-0.4, -0.2) is 62.1 Å². The Morgan fingerprint density at radius 1 is 1.52 bits per heavy atom. The lowest BCUT2D eigenvalue weighted by Crippen LogP contribution is -2.54. The number of nitrogens with one attached hydrogen (secondary N) is 1. The van der Waals surface area contributed by atoms with Crippen molar-refractivity contribution < 1.29 is 28.2 Å². The molecule has 25 heavy (non-hydrogen) atoms. The minimum Gasteiger partial charge on any atom is -0.355 e. The maximum Gasteiger partial charge on any atom is 0.469 e. The van der Waals surface area contributed by atoms with Crippen LogP contribution in [0.1, 0.15) is 6.23 Å². The molecule has 3 rings (SSSR count). The van der Waals surface area contributed by atoms with E-state index in [0.717, 1.165) is 0 Å². The number of aromatic amines is 1. The molecule has 0 spiro atoms. The smallest absolute Gasteiger partial charge is 0.355 e. The second-order valence-corrected chi connectivity index (χ2v) is 7.22. The quantitative estimate of drug-likeness (QED) is 0.352. The Bertz CT molecular complexity index is 890. The van der Waals surface area contributed by atoms with Crippen molar-refractivity contribution in [1.82, 2.24) is 19.4 Å². The lowest BCUT2D eigenvalue weighted by Gasteiger charge is -2.34. The zero-order valence-corrected chi connectivity index (χ0v) is 14.6. The molecule has 0 aromatic carbocycles. The Morgan fingerprint density at radius 2 is 2.24 bits per heavy atom. The molecular weight excluding hydrogens is 355 g/mol. The lowest BCUT2D eigenvalue weighted by molar-refractivity contribution is -0.747. The Labute approximate surface area is 142 Å². The normalized spacial score (nSPS) is 22.6. The minimum absolute atomic E-state index is 0.0111. The van der Waals surface area contributed by atoms with Gasteiger partial charge in [0, 0.05) is 6.54 Å². The largest absolute Gasteiger partial charge is 0.469 e. The molecule has 5 N–H and O–H groups in total. The highest BCUT2D eigenvalue weighted by Crippen LogP contribution is 2.36. The number of phosphoric acid groups is 1. The number of nitrogens with zero attached hydrogens (tertiary/aromatic N) is 4. The van der Waals surface area contributed by atoms with Gasteiger partial charge in [0.25, 0.3) is 11.5 Å². The van der Waals surface area contributed by atoms with Gasteiger partial charge in [-0.1, -0.05) is 4.98 Å². The third-order valence-electron chi connectivity index (χ3n) is 3.86. The van der Waals surface area contributed by atoms with Gasteiger partial charge in [0.2, 0.25) is 5.52 Å². The fourth-order valence-electron chi connectivity index (χ4n) is 2.90. The maximum atomic E-state index is 12.1. The number of aryl methyl sites for hydroxylation is 1. The van der Waals surface area contributed by atoms with Crippen LogP contribution in [-0.2, 0) is 20.9 Å². The summed E-state index contributed by atoms with van der Waals surface area (Å²) >= 11 is 0. The third kappa shape index (κ3) is 3.89. The molecule has 1 aliphatic rings. The van der Waals surface area contributed by atoms with Crippen molar-refractivity contribution >= 4 is 24.9 Å². The van der Waals surface area contributed by atoms with E-state index in [2.05, 4.69) is 14.5 Å². The van der Waals surface area contributed by atoms with Crippen molar-refractivity contribution in [2.24, 2.45) is 7.05 Å². The Hall–Kier alpha value is -1.82. The fraction of sp³-hybridized carbons (Fsp3) is 0.583. The number of nitrogen functional groups attached to an aromatic ring is 1. The van der Waals surface area contributed by atoms with Crippen LogP contribution >= 0.6 is 7.82 Å². The van der Waals surface area contributed by atoms with E-state index in [4.69, 9.17) is 20.3 Å². The molecule has 1 unspecified atom stereocenters. The van der Waals surface area contributed by atoms with Crippen LogP contribution in [0.3, 0.4) is 0 Å². The summed E-state index contributed by atoms with van der Waals surface area (Å²) in [5.41, 5.74) is 5.97. The number of anilines is 1. The number of H-pyrrole nitrogens is 1. The Morgan fingerprint density at radius 3 is 2.92 bits per heavy atom. The predicted octanol–water partition coefficient (Wildman–Crippen LogP) is -1.93. The van der Waals surface area contributed by atoms with Gasteiger partial charge < -0.3 is 20.3 Å². The van der Waals surface area contributed by atoms with Gasteiger partial charge in [-0.15, -0.1) is 0 Å². The Balaban J connectivity index is 1.92. The summed E-state index contributed by atoms with van der Waals surface area (Å²) in [6.07, 6.45) is 0.580. The van der Waals surface area contributed by atoms with Crippen molar-refractivity contribution in [1.29, 1.82) is 0 Å². The van der Waals surface area contributed by atoms with Crippen LogP contribution < -0.4 is 15.9 Å². The van der Waals surface area contributed by atoms with Crippen molar-refractivity contribution in [3.63, 3.8) is 0 Å². The van der Waals surface area contributed by atoms with E-state index in [1.165, 1.54) is 0 Å². The van der Waals surface area contributed by atoms with Gasteiger partial charge in [-0.05, 0) is 7.05 Å². The topological polar surface area (TPSA) is 160 Å². The van der Waals surface area contributed by atoms with Gasteiger partial charge in [-0.2, -0.15) is 0 Å². The summed E-state index contributed by atoms with van der Waals surface area (Å²) in [6.45, 7) is 0.676. The minimum atomic E-state index is -4.58. The summed E-state index contributed by atoms with van der Waals surface area (Å²) in [4.78, 5) is 38.4. The first kappa shape index (κ1) is 18.0. The summed E-state index contributed by atoms with van der Waals surface area (Å²) in [7, 11) is -1.03. The summed E-state index contributed by atoms with van der Waals surface area (Å²) in [5, 5.41) is 0. The first-order valence-corrected chi connectivity index (χ1v) is 8.97. The van der Waals surface area contributed by atoms with E-state index in [9.17, 15) is 9.36 Å². The number of phosphoric ester groups is 1. The van der Waals surface area contributed by atoms with Crippen molar-refractivity contribution in [3.05, 3.63) is 16.7 Å². The van der Waals surface area contributed by atoms with Gasteiger partial charge in [-0.3, -0.25) is 23.8 Å². The summed E-state index contributed by atoms with van der Waals surface area (Å²) in [6, 6.07) is 0. The van der Waals surface area contributed by atoms with Crippen LogP contribution in [0, 0.1) is 0 Å². The molecule has 0 saturated carbocycles. The van der Waals surface area contributed by atoms with Gasteiger partial charge in [0.05, 0.1) is 26.3 Å². The van der Waals surface area contributed by atoms with Gasteiger partial charge >= 0.3 is 13.5 Å².